The van der Waals surface area contributed by atoms with Crippen LogP contribution >= 0.6 is 0 Å². The molecule has 0 amide bonds. The van der Waals surface area contributed by atoms with E-state index in [-0.39, 0.29) is 0 Å². The van der Waals surface area contributed by atoms with Crippen LogP contribution in [0.5, 0.6) is 0 Å². The maximum Gasteiger partial charge on any atom is 0.00676 e. The Balaban J connectivity index is 1.88. The van der Waals surface area contributed by atoms with Crippen LogP contribution in [0.3, 0.4) is 0 Å². The van der Waals surface area contributed by atoms with E-state index in [0.29, 0.717) is 5.41 Å². The molecule has 0 aliphatic carbocycles. The number of hydrogen-bond acceptors (Lipinski definition) is 2. The summed E-state index contributed by atoms with van der Waals surface area (Å²) in [4.78, 5) is 2.70. The Bertz CT molecular complexity index is 185. The first-order valence-corrected chi connectivity index (χ1v) is 6.14. The molecule has 0 aromatic heterocycles. The monoisotopic (exact) mass is 196 g/mol. The van der Waals surface area contributed by atoms with Crippen molar-refractivity contribution in [2.45, 2.75) is 45.6 Å². The Hall–Kier alpha value is -0.0800. The first-order valence-electron chi connectivity index (χ1n) is 6.14. The minimum atomic E-state index is 0.587. The highest BCUT2D eigenvalue weighted by Crippen LogP contribution is 2.31. The second-order valence-corrected chi connectivity index (χ2v) is 5.52. The van der Waals surface area contributed by atoms with Gasteiger partial charge in [0.2, 0.25) is 0 Å². The van der Waals surface area contributed by atoms with Crippen LogP contribution in [0.1, 0.15) is 39.5 Å². The summed E-state index contributed by atoms with van der Waals surface area (Å²) in [7, 11) is 0. The predicted octanol–water partition coefficient (Wildman–Crippen LogP) is 1.86. The van der Waals surface area contributed by atoms with Gasteiger partial charge in [-0.25, -0.2) is 0 Å². The summed E-state index contributed by atoms with van der Waals surface area (Å²) in [5.74, 6) is 0. The highest BCUT2D eigenvalue weighted by molar-refractivity contribution is 4.87. The lowest BCUT2D eigenvalue weighted by atomic mass is 9.80. The smallest absolute Gasteiger partial charge is 0.00676 e. The van der Waals surface area contributed by atoms with Crippen LogP contribution in [-0.4, -0.2) is 37.1 Å². The second-order valence-electron chi connectivity index (χ2n) is 5.52. The molecule has 0 bridgehead atoms. The zero-order chi connectivity index (χ0) is 10.0. The van der Waals surface area contributed by atoms with Crippen LogP contribution in [-0.2, 0) is 0 Å². The molecule has 2 rings (SSSR count). The van der Waals surface area contributed by atoms with Gasteiger partial charge in [-0.05, 0) is 57.7 Å². The summed E-state index contributed by atoms with van der Waals surface area (Å²) in [5, 5.41) is 3.46. The van der Waals surface area contributed by atoms with E-state index >= 15 is 0 Å². The minimum absolute atomic E-state index is 0.587. The maximum atomic E-state index is 3.46. The Kier molecular flexibility index (Phi) is 3.13. The van der Waals surface area contributed by atoms with E-state index in [1.165, 1.54) is 51.9 Å². The third-order valence-electron chi connectivity index (χ3n) is 4.09. The molecule has 0 aromatic rings. The Labute approximate surface area is 88.1 Å². The van der Waals surface area contributed by atoms with E-state index in [0.717, 1.165) is 6.04 Å². The van der Waals surface area contributed by atoms with Crippen LogP contribution in [0.4, 0.5) is 0 Å². The van der Waals surface area contributed by atoms with Gasteiger partial charge in [0, 0.05) is 12.6 Å². The van der Waals surface area contributed by atoms with Crippen molar-refractivity contribution < 1.29 is 0 Å². The molecule has 1 unspecified atom stereocenters. The van der Waals surface area contributed by atoms with Gasteiger partial charge in [0.05, 0.1) is 0 Å². The van der Waals surface area contributed by atoms with Gasteiger partial charge < -0.3 is 10.2 Å². The van der Waals surface area contributed by atoms with Crippen LogP contribution in [0.2, 0.25) is 0 Å². The molecular formula is C12H24N2. The molecular weight excluding hydrogens is 172 g/mol. The van der Waals surface area contributed by atoms with Crippen LogP contribution < -0.4 is 5.32 Å². The van der Waals surface area contributed by atoms with Crippen LogP contribution in [0, 0.1) is 5.41 Å². The van der Waals surface area contributed by atoms with Gasteiger partial charge in [0.25, 0.3) is 0 Å². The van der Waals surface area contributed by atoms with E-state index in [1.807, 2.05) is 0 Å². The molecule has 1 N–H and O–H groups in total. The van der Waals surface area contributed by atoms with Gasteiger partial charge in [-0.3, -0.25) is 0 Å². The third-order valence-corrected chi connectivity index (χ3v) is 4.09. The van der Waals surface area contributed by atoms with Gasteiger partial charge in [-0.15, -0.1) is 0 Å². The molecule has 2 nitrogen and oxygen atoms in total. The fourth-order valence-electron chi connectivity index (χ4n) is 2.91. The highest BCUT2D eigenvalue weighted by atomic mass is 15.2. The van der Waals surface area contributed by atoms with E-state index in [1.54, 1.807) is 0 Å². The van der Waals surface area contributed by atoms with Crippen LogP contribution in [0.25, 0.3) is 0 Å². The number of rotatable bonds is 2. The minimum Gasteiger partial charge on any atom is -0.317 e. The summed E-state index contributed by atoms with van der Waals surface area (Å²) in [6.07, 6.45) is 5.54. The summed E-state index contributed by atoms with van der Waals surface area (Å²) in [5.41, 5.74) is 0.587. The van der Waals surface area contributed by atoms with E-state index < -0.39 is 0 Å². The van der Waals surface area contributed by atoms with Crippen molar-refractivity contribution in [3.05, 3.63) is 0 Å². The highest BCUT2D eigenvalue weighted by Gasteiger charge is 2.32. The van der Waals surface area contributed by atoms with Crippen molar-refractivity contribution >= 4 is 0 Å². The molecule has 14 heavy (non-hydrogen) atoms. The molecule has 2 saturated heterocycles. The van der Waals surface area contributed by atoms with Crippen molar-refractivity contribution in [1.82, 2.24) is 10.2 Å². The number of nitrogens with one attached hydrogen (secondary N) is 1. The molecule has 2 aliphatic heterocycles. The maximum absolute atomic E-state index is 3.46. The quantitative estimate of drug-likeness (QED) is 0.725. The lowest BCUT2D eigenvalue weighted by Crippen LogP contribution is -2.44. The Morgan fingerprint density at radius 3 is 2.64 bits per heavy atom. The second kappa shape index (κ2) is 4.19. The van der Waals surface area contributed by atoms with Gasteiger partial charge in [0.15, 0.2) is 0 Å². The predicted molar refractivity (Wildman–Crippen MR) is 60.5 cm³/mol. The molecule has 0 spiro atoms. The first kappa shape index (κ1) is 10.4. The molecule has 2 heteroatoms. The zero-order valence-electron chi connectivity index (χ0n) is 9.68. The largest absolute Gasteiger partial charge is 0.317 e. The van der Waals surface area contributed by atoms with E-state index in [2.05, 4.69) is 24.1 Å². The molecule has 2 heterocycles. The molecule has 2 fully saturated rings. The molecule has 0 radical (unpaired) electrons. The normalized spacial score (nSPS) is 33.4. The van der Waals surface area contributed by atoms with E-state index in [4.69, 9.17) is 0 Å². The zero-order valence-corrected chi connectivity index (χ0v) is 9.68. The fourth-order valence-corrected chi connectivity index (χ4v) is 2.91. The number of piperidine rings is 1. The Morgan fingerprint density at radius 2 is 2.07 bits per heavy atom. The number of nitrogens with zero attached hydrogens (tertiary/aromatic N) is 1. The molecule has 0 saturated carbocycles. The van der Waals surface area contributed by atoms with Gasteiger partial charge in [0.1, 0.15) is 0 Å². The lowest BCUT2D eigenvalue weighted by Gasteiger charge is -2.38. The number of hydrogen-bond donors (Lipinski definition) is 1. The SMILES string of the molecule is CC1CCCN1CC1(C)CCNCC1. The average molecular weight is 196 g/mol. The standard InChI is InChI=1S/C12H24N2/c1-11-4-3-9-14(11)10-12(2)5-7-13-8-6-12/h11,13H,3-10H2,1-2H3. The molecule has 0 aromatic carbocycles. The summed E-state index contributed by atoms with van der Waals surface area (Å²) in [6, 6.07) is 0.835. The third kappa shape index (κ3) is 2.29. The van der Waals surface area contributed by atoms with Crippen molar-refractivity contribution in [2.24, 2.45) is 5.41 Å². The molecule has 1 atom stereocenters. The van der Waals surface area contributed by atoms with Crippen molar-refractivity contribution in [1.29, 1.82) is 0 Å². The molecule has 82 valence electrons. The van der Waals surface area contributed by atoms with Crippen LogP contribution in [0.15, 0.2) is 0 Å². The van der Waals surface area contributed by atoms with Gasteiger partial charge in [-0.2, -0.15) is 0 Å². The topological polar surface area (TPSA) is 15.3 Å². The van der Waals surface area contributed by atoms with Crippen molar-refractivity contribution in [2.75, 3.05) is 26.2 Å². The first-order chi connectivity index (χ1) is 6.70. The summed E-state index contributed by atoms with van der Waals surface area (Å²) < 4.78 is 0. The summed E-state index contributed by atoms with van der Waals surface area (Å²) in [6.45, 7) is 9.97. The Morgan fingerprint density at radius 1 is 1.36 bits per heavy atom. The van der Waals surface area contributed by atoms with Crippen molar-refractivity contribution in [3.8, 4) is 0 Å². The average Bonchev–Trinajstić information content (AvgIpc) is 2.52. The number of likely N-dealkylation sites (tertiary alicyclic amines) is 1. The van der Waals surface area contributed by atoms with Crippen molar-refractivity contribution in [3.63, 3.8) is 0 Å². The van der Waals surface area contributed by atoms with Gasteiger partial charge >= 0.3 is 0 Å². The molecule has 2 aliphatic rings. The van der Waals surface area contributed by atoms with Gasteiger partial charge in [-0.1, -0.05) is 6.92 Å². The van der Waals surface area contributed by atoms with E-state index in [9.17, 15) is 0 Å². The summed E-state index contributed by atoms with van der Waals surface area (Å²) >= 11 is 0. The fraction of sp³-hybridized carbons (Fsp3) is 1.00. The lowest BCUT2D eigenvalue weighted by molar-refractivity contribution is 0.124.